The first kappa shape index (κ1) is 12.8. The lowest BCUT2D eigenvalue weighted by molar-refractivity contribution is -0.129. The maximum absolute atomic E-state index is 11.8. The molecule has 0 saturated carbocycles. The van der Waals surface area contributed by atoms with Crippen molar-refractivity contribution in [3.05, 3.63) is 0 Å². The van der Waals surface area contributed by atoms with Crippen molar-refractivity contribution in [2.45, 2.75) is 25.3 Å². The van der Waals surface area contributed by atoms with E-state index in [2.05, 4.69) is 4.90 Å². The fraction of sp³-hybridized carbons (Fsp3) is 0.917. The SMILES string of the molecule is NCC[C@H]1CCC(=O)N1CCN1CCOCC1. The minimum absolute atomic E-state index is 0.303. The Morgan fingerprint density at radius 3 is 2.76 bits per heavy atom. The number of amides is 1. The first-order valence-corrected chi connectivity index (χ1v) is 6.61. The zero-order chi connectivity index (χ0) is 12.1. The van der Waals surface area contributed by atoms with Crippen LogP contribution >= 0.6 is 0 Å². The fourth-order valence-corrected chi connectivity index (χ4v) is 2.67. The van der Waals surface area contributed by atoms with Crippen LogP contribution in [-0.2, 0) is 9.53 Å². The summed E-state index contributed by atoms with van der Waals surface area (Å²) in [5.41, 5.74) is 5.59. The average molecular weight is 241 g/mol. The van der Waals surface area contributed by atoms with Gasteiger partial charge in [0.15, 0.2) is 0 Å². The molecule has 0 spiro atoms. The van der Waals surface area contributed by atoms with E-state index >= 15 is 0 Å². The van der Waals surface area contributed by atoms with Crippen LogP contribution in [0.3, 0.4) is 0 Å². The number of rotatable bonds is 5. The predicted octanol–water partition coefficient (Wildman–Crippen LogP) is -0.342. The summed E-state index contributed by atoms with van der Waals surface area (Å²) in [6, 6.07) is 0.383. The molecule has 5 nitrogen and oxygen atoms in total. The van der Waals surface area contributed by atoms with Crippen LogP contribution in [0.1, 0.15) is 19.3 Å². The molecule has 2 saturated heterocycles. The molecule has 0 bridgehead atoms. The Bertz CT molecular complexity index is 254. The third-order valence-corrected chi connectivity index (χ3v) is 3.71. The number of likely N-dealkylation sites (tertiary alicyclic amines) is 1. The summed E-state index contributed by atoms with van der Waals surface area (Å²) in [5.74, 6) is 0.303. The van der Waals surface area contributed by atoms with E-state index in [1.54, 1.807) is 0 Å². The standard InChI is InChI=1S/C12H23N3O2/c13-4-3-11-1-2-12(16)15(11)6-5-14-7-9-17-10-8-14/h11H,1-10,13H2/t11-/m1/s1. The quantitative estimate of drug-likeness (QED) is 0.715. The summed E-state index contributed by atoms with van der Waals surface area (Å²) in [6.45, 7) is 6.11. The van der Waals surface area contributed by atoms with Gasteiger partial charge in [-0.05, 0) is 19.4 Å². The van der Waals surface area contributed by atoms with Crippen molar-refractivity contribution in [1.29, 1.82) is 0 Å². The second-order valence-electron chi connectivity index (χ2n) is 4.81. The third-order valence-electron chi connectivity index (χ3n) is 3.71. The van der Waals surface area contributed by atoms with E-state index in [9.17, 15) is 4.79 Å². The van der Waals surface area contributed by atoms with Crippen molar-refractivity contribution in [3.63, 3.8) is 0 Å². The highest BCUT2D eigenvalue weighted by Crippen LogP contribution is 2.20. The van der Waals surface area contributed by atoms with Gasteiger partial charge in [0, 0.05) is 38.6 Å². The Kier molecular flexibility index (Phi) is 4.76. The van der Waals surface area contributed by atoms with Crippen LogP contribution in [0.15, 0.2) is 0 Å². The van der Waals surface area contributed by atoms with Gasteiger partial charge in [-0.15, -0.1) is 0 Å². The number of carbonyl (C=O) groups excluding carboxylic acids is 1. The van der Waals surface area contributed by atoms with Crippen LogP contribution in [0.2, 0.25) is 0 Å². The van der Waals surface area contributed by atoms with Gasteiger partial charge in [-0.2, -0.15) is 0 Å². The number of hydrogen-bond donors (Lipinski definition) is 1. The van der Waals surface area contributed by atoms with Gasteiger partial charge < -0.3 is 15.4 Å². The fourth-order valence-electron chi connectivity index (χ4n) is 2.67. The van der Waals surface area contributed by atoms with Gasteiger partial charge in [0.05, 0.1) is 13.2 Å². The molecule has 0 aromatic heterocycles. The summed E-state index contributed by atoms with van der Waals surface area (Å²) in [6.07, 6.45) is 2.63. The molecule has 1 amide bonds. The molecule has 2 heterocycles. The van der Waals surface area contributed by atoms with E-state index in [4.69, 9.17) is 10.5 Å². The molecule has 0 radical (unpaired) electrons. The molecule has 2 rings (SSSR count). The van der Waals surface area contributed by atoms with E-state index in [1.165, 1.54) is 0 Å². The van der Waals surface area contributed by atoms with Crippen molar-refractivity contribution >= 4 is 5.91 Å². The minimum atomic E-state index is 0.303. The lowest BCUT2D eigenvalue weighted by Gasteiger charge is -2.30. The number of ether oxygens (including phenoxy) is 1. The van der Waals surface area contributed by atoms with Gasteiger partial charge in [-0.1, -0.05) is 0 Å². The molecule has 98 valence electrons. The molecule has 0 aromatic carbocycles. The van der Waals surface area contributed by atoms with Crippen LogP contribution in [0.5, 0.6) is 0 Å². The number of hydrogen-bond acceptors (Lipinski definition) is 4. The van der Waals surface area contributed by atoms with E-state index in [1.807, 2.05) is 4.90 Å². The Labute approximate surface area is 103 Å². The maximum Gasteiger partial charge on any atom is 0.222 e. The number of nitrogens with zero attached hydrogens (tertiary/aromatic N) is 2. The predicted molar refractivity (Wildman–Crippen MR) is 65.7 cm³/mol. The van der Waals surface area contributed by atoms with Gasteiger partial charge in [0.1, 0.15) is 0 Å². The molecule has 0 unspecified atom stereocenters. The van der Waals surface area contributed by atoms with Crippen molar-refractivity contribution in [2.75, 3.05) is 45.9 Å². The second-order valence-corrected chi connectivity index (χ2v) is 4.81. The van der Waals surface area contributed by atoms with Gasteiger partial charge in [0.25, 0.3) is 0 Å². The summed E-state index contributed by atoms with van der Waals surface area (Å²) >= 11 is 0. The minimum Gasteiger partial charge on any atom is -0.379 e. The van der Waals surface area contributed by atoms with Crippen LogP contribution in [0, 0.1) is 0 Å². The van der Waals surface area contributed by atoms with Crippen molar-refractivity contribution in [2.24, 2.45) is 5.73 Å². The van der Waals surface area contributed by atoms with Crippen molar-refractivity contribution < 1.29 is 9.53 Å². The molecular weight excluding hydrogens is 218 g/mol. The van der Waals surface area contributed by atoms with Gasteiger partial charge in [0.2, 0.25) is 5.91 Å². The third kappa shape index (κ3) is 3.40. The maximum atomic E-state index is 11.8. The van der Waals surface area contributed by atoms with Crippen molar-refractivity contribution in [3.8, 4) is 0 Å². The Hall–Kier alpha value is -0.650. The zero-order valence-corrected chi connectivity index (χ0v) is 10.4. The van der Waals surface area contributed by atoms with Crippen LogP contribution < -0.4 is 5.73 Å². The monoisotopic (exact) mass is 241 g/mol. The molecule has 5 heteroatoms. The first-order chi connectivity index (χ1) is 8.31. The van der Waals surface area contributed by atoms with E-state index < -0.39 is 0 Å². The number of nitrogens with two attached hydrogens (primary N) is 1. The molecule has 17 heavy (non-hydrogen) atoms. The zero-order valence-electron chi connectivity index (χ0n) is 10.4. The molecule has 1 atom stereocenters. The van der Waals surface area contributed by atoms with Crippen LogP contribution in [-0.4, -0.2) is 67.7 Å². The molecule has 0 aliphatic carbocycles. The van der Waals surface area contributed by atoms with Gasteiger partial charge >= 0.3 is 0 Å². The van der Waals surface area contributed by atoms with Gasteiger partial charge in [-0.25, -0.2) is 0 Å². The first-order valence-electron chi connectivity index (χ1n) is 6.61. The Morgan fingerprint density at radius 1 is 1.29 bits per heavy atom. The summed E-state index contributed by atoms with van der Waals surface area (Å²) in [5, 5.41) is 0. The summed E-state index contributed by atoms with van der Waals surface area (Å²) < 4.78 is 5.31. The van der Waals surface area contributed by atoms with E-state index in [0.29, 0.717) is 24.9 Å². The smallest absolute Gasteiger partial charge is 0.222 e. The van der Waals surface area contributed by atoms with E-state index in [0.717, 1.165) is 52.2 Å². The number of carbonyl (C=O) groups is 1. The molecule has 2 aliphatic rings. The van der Waals surface area contributed by atoms with E-state index in [-0.39, 0.29) is 0 Å². The second kappa shape index (κ2) is 6.33. The molecule has 0 aromatic rings. The molecule has 2 aliphatic heterocycles. The highest BCUT2D eigenvalue weighted by molar-refractivity contribution is 5.78. The normalized spacial score (nSPS) is 26.8. The molecular formula is C12H23N3O2. The topological polar surface area (TPSA) is 58.8 Å². The summed E-state index contributed by atoms with van der Waals surface area (Å²) in [7, 11) is 0. The molecule has 2 fully saturated rings. The lowest BCUT2D eigenvalue weighted by Crippen LogP contribution is -2.44. The highest BCUT2D eigenvalue weighted by Gasteiger charge is 2.30. The Balaban J connectivity index is 1.77. The number of morpholine rings is 1. The lowest BCUT2D eigenvalue weighted by atomic mass is 10.1. The molecule has 2 N–H and O–H groups in total. The van der Waals surface area contributed by atoms with Crippen molar-refractivity contribution in [1.82, 2.24) is 9.80 Å². The van der Waals surface area contributed by atoms with Gasteiger partial charge in [-0.3, -0.25) is 9.69 Å². The largest absolute Gasteiger partial charge is 0.379 e. The van der Waals surface area contributed by atoms with Crippen LogP contribution in [0.4, 0.5) is 0 Å². The van der Waals surface area contributed by atoms with Crippen LogP contribution in [0.25, 0.3) is 0 Å². The Morgan fingerprint density at radius 2 is 2.06 bits per heavy atom. The highest BCUT2D eigenvalue weighted by atomic mass is 16.5. The average Bonchev–Trinajstić information content (AvgIpc) is 2.70. The summed E-state index contributed by atoms with van der Waals surface area (Å²) in [4.78, 5) is 16.2.